The maximum atomic E-state index is 13.1. The number of likely N-dealkylation sites (N-methyl/N-ethyl adjacent to an activating group) is 1. The summed E-state index contributed by atoms with van der Waals surface area (Å²) in [5, 5.41) is 6.43. The smallest absolute Gasteiger partial charge is 0.356 e. The second-order valence-corrected chi connectivity index (χ2v) is 8.08. The van der Waals surface area contributed by atoms with Gasteiger partial charge in [0.15, 0.2) is 5.96 Å². The highest BCUT2D eigenvalue weighted by Crippen LogP contribution is 2.37. The molecule has 1 amide bonds. The van der Waals surface area contributed by atoms with Gasteiger partial charge in [0.1, 0.15) is 6.54 Å². The van der Waals surface area contributed by atoms with Crippen molar-refractivity contribution in [1.29, 1.82) is 0 Å². The van der Waals surface area contributed by atoms with Gasteiger partial charge in [-0.3, -0.25) is 4.79 Å². The SMILES string of the molecule is CN(C)C(=O)CN=C(NCC1CCCCC1)NC1CCCC(C(F)(F)F)C1.I. The van der Waals surface area contributed by atoms with Crippen molar-refractivity contribution in [3.05, 3.63) is 0 Å². The third kappa shape index (κ3) is 8.73. The van der Waals surface area contributed by atoms with E-state index in [0.717, 1.165) is 19.4 Å². The van der Waals surface area contributed by atoms with E-state index in [1.807, 2.05) is 0 Å². The summed E-state index contributed by atoms with van der Waals surface area (Å²) in [5.41, 5.74) is 0. The van der Waals surface area contributed by atoms with E-state index in [4.69, 9.17) is 0 Å². The molecule has 2 aliphatic rings. The molecular weight excluding hydrogens is 484 g/mol. The number of amides is 1. The Kier molecular flexibility index (Phi) is 10.9. The largest absolute Gasteiger partial charge is 0.391 e. The summed E-state index contributed by atoms with van der Waals surface area (Å²) in [6.45, 7) is 0.736. The van der Waals surface area contributed by atoms with Gasteiger partial charge in [-0.05, 0) is 38.0 Å². The summed E-state index contributed by atoms with van der Waals surface area (Å²) in [6.07, 6.45) is 3.40. The average Bonchev–Trinajstić information content (AvgIpc) is 2.64. The molecule has 0 aliphatic heterocycles. The van der Waals surface area contributed by atoms with Gasteiger partial charge in [-0.1, -0.05) is 25.7 Å². The molecule has 0 aromatic carbocycles. The Balaban J connectivity index is 0.00000392. The van der Waals surface area contributed by atoms with Crippen LogP contribution in [0.25, 0.3) is 0 Å². The number of halogens is 4. The molecule has 164 valence electrons. The molecule has 5 nitrogen and oxygen atoms in total. The van der Waals surface area contributed by atoms with Crippen molar-refractivity contribution in [3.63, 3.8) is 0 Å². The zero-order valence-corrected chi connectivity index (χ0v) is 19.2. The number of nitrogens with one attached hydrogen (secondary N) is 2. The molecule has 2 fully saturated rings. The predicted octanol–water partition coefficient (Wildman–Crippen LogP) is 3.93. The summed E-state index contributed by atoms with van der Waals surface area (Å²) in [6, 6.07) is -0.266. The van der Waals surface area contributed by atoms with Crippen molar-refractivity contribution in [2.24, 2.45) is 16.8 Å². The minimum absolute atomic E-state index is 0. The molecule has 2 atom stereocenters. The lowest BCUT2D eigenvalue weighted by Gasteiger charge is -2.32. The lowest BCUT2D eigenvalue weighted by atomic mass is 9.85. The van der Waals surface area contributed by atoms with Crippen molar-refractivity contribution in [3.8, 4) is 0 Å². The number of guanidine groups is 1. The maximum Gasteiger partial charge on any atom is 0.391 e. The maximum absolute atomic E-state index is 13.1. The van der Waals surface area contributed by atoms with E-state index in [1.54, 1.807) is 14.1 Å². The first-order chi connectivity index (χ1) is 12.8. The van der Waals surface area contributed by atoms with Crippen molar-refractivity contribution in [2.75, 3.05) is 27.2 Å². The minimum Gasteiger partial charge on any atom is -0.356 e. The van der Waals surface area contributed by atoms with Crippen LogP contribution in [0.15, 0.2) is 4.99 Å². The van der Waals surface area contributed by atoms with Crippen LogP contribution in [0.3, 0.4) is 0 Å². The number of nitrogens with zero attached hydrogens (tertiary/aromatic N) is 2. The number of hydrogen-bond donors (Lipinski definition) is 2. The van der Waals surface area contributed by atoms with Crippen LogP contribution in [0.4, 0.5) is 13.2 Å². The quantitative estimate of drug-likeness (QED) is 0.330. The Morgan fingerprint density at radius 2 is 1.75 bits per heavy atom. The third-order valence-electron chi connectivity index (χ3n) is 5.63. The molecule has 2 aliphatic carbocycles. The number of carbonyl (C=O) groups excluding carboxylic acids is 1. The lowest BCUT2D eigenvalue weighted by Crippen LogP contribution is -2.48. The first-order valence-electron chi connectivity index (χ1n) is 10.1. The van der Waals surface area contributed by atoms with Gasteiger partial charge in [-0.2, -0.15) is 13.2 Å². The highest BCUT2D eigenvalue weighted by molar-refractivity contribution is 14.0. The van der Waals surface area contributed by atoms with Gasteiger partial charge in [-0.15, -0.1) is 24.0 Å². The van der Waals surface area contributed by atoms with Crippen LogP contribution in [-0.4, -0.2) is 56.2 Å². The van der Waals surface area contributed by atoms with Crippen LogP contribution >= 0.6 is 24.0 Å². The molecule has 0 aromatic heterocycles. The number of rotatable bonds is 5. The molecule has 2 saturated carbocycles. The average molecular weight is 518 g/mol. The summed E-state index contributed by atoms with van der Waals surface area (Å²) < 4.78 is 39.2. The fourth-order valence-electron chi connectivity index (χ4n) is 3.88. The second kappa shape index (κ2) is 12.1. The molecule has 9 heteroatoms. The molecule has 2 N–H and O–H groups in total. The molecule has 0 saturated heterocycles. The highest BCUT2D eigenvalue weighted by Gasteiger charge is 2.42. The van der Waals surface area contributed by atoms with Gasteiger partial charge in [0.2, 0.25) is 5.91 Å². The van der Waals surface area contributed by atoms with Crippen molar-refractivity contribution < 1.29 is 18.0 Å². The Bertz CT molecular complexity index is 508. The van der Waals surface area contributed by atoms with Gasteiger partial charge in [0.05, 0.1) is 5.92 Å². The summed E-state index contributed by atoms with van der Waals surface area (Å²) in [4.78, 5) is 17.6. The molecule has 0 spiro atoms. The van der Waals surface area contributed by atoms with Crippen LogP contribution in [0, 0.1) is 11.8 Å². The van der Waals surface area contributed by atoms with Crippen molar-refractivity contribution in [2.45, 2.75) is 70.0 Å². The van der Waals surface area contributed by atoms with E-state index >= 15 is 0 Å². The Hall–Kier alpha value is -0.740. The first kappa shape index (κ1) is 25.3. The fourth-order valence-corrected chi connectivity index (χ4v) is 3.88. The molecule has 0 bridgehead atoms. The van der Waals surface area contributed by atoms with Crippen LogP contribution in [0.2, 0.25) is 0 Å². The number of carbonyl (C=O) groups is 1. The van der Waals surface area contributed by atoms with E-state index in [1.165, 1.54) is 24.2 Å². The van der Waals surface area contributed by atoms with Crippen LogP contribution < -0.4 is 10.6 Å². The molecule has 0 heterocycles. The van der Waals surface area contributed by atoms with Gasteiger partial charge < -0.3 is 15.5 Å². The summed E-state index contributed by atoms with van der Waals surface area (Å²) >= 11 is 0. The van der Waals surface area contributed by atoms with Gasteiger partial charge in [-0.25, -0.2) is 4.99 Å². The number of aliphatic imine (C=N–C) groups is 1. The Morgan fingerprint density at radius 3 is 2.36 bits per heavy atom. The fraction of sp³-hybridized carbons (Fsp3) is 0.895. The van der Waals surface area contributed by atoms with E-state index in [0.29, 0.717) is 24.7 Å². The normalized spacial score (nSPS) is 24.2. The van der Waals surface area contributed by atoms with Crippen LogP contribution in [-0.2, 0) is 4.79 Å². The second-order valence-electron chi connectivity index (χ2n) is 8.08. The van der Waals surface area contributed by atoms with Crippen molar-refractivity contribution in [1.82, 2.24) is 15.5 Å². The summed E-state index contributed by atoms with van der Waals surface area (Å²) in [7, 11) is 3.32. The highest BCUT2D eigenvalue weighted by atomic mass is 127. The zero-order chi connectivity index (χ0) is 19.9. The Labute approximate surface area is 183 Å². The molecule has 2 unspecified atom stereocenters. The number of hydrogen-bond acceptors (Lipinski definition) is 2. The molecular formula is C19H34F3IN4O. The van der Waals surface area contributed by atoms with E-state index < -0.39 is 12.1 Å². The minimum atomic E-state index is -4.14. The van der Waals surface area contributed by atoms with Crippen molar-refractivity contribution >= 4 is 35.8 Å². The van der Waals surface area contributed by atoms with Crippen LogP contribution in [0.1, 0.15) is 57.8 Å². The van der Waals surface area contributed by atoms with Crippen LogP contribution in [0.5, 0.6) is 0 Å². The van der Waals surface area contributed by atoms with Gasteiger partial charge in [0, 0.05) is 26.7 Å². The van der Waals surface area contributed by atoms with Gasteiger partial charge in [0.25, 0.3) is 0 Å². The monoisotopic (exact) mass is 518 g/mol. The zero-order valence-electron chi connectivity index (χ0n) is 16.9. The third-order valence-corrected chi connectivity index (χ3v) is 5.63. The van der Waals surface area contributed by atoms with E-state index in [9.17, 15) is 18.0 Å². The van der Waals surface area contributed by atoms with E-state index in [2.05, 4.69) is 15.6 Å². The lowest BCUT2D eigenvalue weighted by molar-refractivity contribution is -0.183. The molecule has 28 heavy (non-hydrogen) atoms. The van der Waals surface area contributed by atoms with E-state index in [-0.39, 0.29) is 55.3 Å². The predicted molar refractivity (Wildman–Crippen MR) is 116 cm³/mol. The molecule has 0 aromatic rings. The van der Waals surface area contributed by atoms with Gasteiger partial charge >= 0.3 is 6.18 Å². The summed E-state index contributed by atoms with van der Waals surface area (Å²) in [5.74, 6) is -0.370. The molecule has 2 rings (SSSR count). The Morgan fingerprint density at radius 1 is 1.07 bits per heavy atom. The standard InChI is InChI=1S/C19H33F3N4O.HI/c1-26(2)17(27)13-24-18(23-12-14-7-4-3-5-8-14)25-16-10-6-9-15(11-16)19(20,21)22;/h14-16H,3-13H2,1-2H3,(H2,23,24,25);1H. The topological polar surface area (TPSA) is 56.7 Å². The first-order valence-corrected chi connectivity index (χ1v) is 10.1. The number of alkyl halides is 3. The molecule has 0 radical (unpaired) electrons.